The Hall–Kier alpha value is -3.56. The maximum absolute atomic E-state index is 10.3. The fourth-order valence-corrected chi connectivity index (χ4v) is 5.95. The van der Waals surface area contributed by atoms with E-state index in [1.807, 2.05) is 18.2 Å². The van der Waals surface area contributed by atoms with Gasteiger partial charge < -0.3 is 30.7 Å². The second-order valence-corrected chi connectivity index (χ2v) is 10.2. The van der Waals surface area contributed by atoms with Crippen molar-refractivity contribution in [2.24, 2.45) is 0 Å². The average Bonchev–Trinajstić information content (AvgIpc) is 3.19. The molecule has 9 heteroatoms. The number of nitrogen functional groups attached to an aromatic ring is 1. The van der Waals surface area contributed by atoms with Crippen molar-refractivity contribution in [2.45, 2.75) is 24.9 Å². The van der Waals surface area contributed by atoms with Crippen LogP contribution in [0.5, 0.6) is 11.5 Å². The molecule has 3 aliphatic rings. The lowest BCUT2D eigenvalue weighted by molar-refractivity contribution is 0.191. The second-order valence-electron chi connectivity index (χ2n) is 10.2. The van der Waals surface area contributed by atoms with Crippen LogP contribution < -0.4 is 25.6 Å². The molecule has 3 aromatic rings. The molecular weight excluding hydrogens is 466 g/mol. The van der Waals surface area contributed by atoms with Gasteiger partial charge in [0, 0.05) is 75.2 Å². The smallest absolute Gasteiger partial charge is 0.169 e. The first kappa shape index (κ1) is 23.8. The minimum absolute atomic E-state index is 0.187. The Labute approximate surface area is 217 Å². The molecule has 0 amide bonds. The highest BCUT2D eigenvalue weighted by Crippen LogP contribution is 2.39. The minimum atomic E-state index is 0.187. The molecule has 4 N–H and O–H groups in total. The van der Waals surface area contributed by atoms with Crippen LogP contribution >= 0.6 is 0 Å². The summed E-state index contributed by atoms with van der Waals surface area (Å²) < 4.78 is 6.15. The minimum Gasteiger partial charge on any atom is -0.507 e. The van der Waals surface area contributed by atoms with Crippen LogP contribution in [-0.4, -0.2) is 84.7 Å². The summed E-state index contributed by atoms with van der Waals surface area (Å²) >= 11 is 0. The van der Waals surface area contributed by atoms with Gasteiger partial charge in [-0.25, -0.2) is 0 Å². The van der Waals surface area contributed by atoms with Crippen molar-refractivity contribution >= 4 is 17.2 Å². The van der Waals surface area contributed by atoms with Gasteiger partial charge in [-0.2, -0.15) is 0 Å². The number of hydrogen-bond donors (Lipinski definition) is 3. The molecule has 1 aromatic heterocycles. The molecule has 6 rings (SSSR count). The topological polar surface area (TPSA) is 103 Å². The van der Waals surface area contributed by atoms with Gasteiger partial charge in [0.05, 0.1) is 11.4 Å². The van der Waals surface area contributed by atoms with Crippen molar-refractivity contribution in [3.05, 3.63) is 54.6 Å². The van der Waals surface area contributed by atoms with Crippen LogP contribution in [0.15, 0.2) is 54.6 Å². The molecule has 4 heterocycles. The molecule has 37 heavy (non-hydrogen) atoms. The highest BCUT2D eigenvalue weighted by Gasteiger charge is 2.40. The number of benzene rings is 2. The lowest BCUT2D eigenvalue weighted by Gasteiger charge is -2.43. The van der Waals surface area contributed by atoms with Crippen LogP contribution in [0.2, 0.25) is 0 Å². The summed E-state index contributed by atoms with van der Waals surface area (Å²) in [6, 6.07) is 18.5. The van der Waals surface area contributed by atoms with Gasteiger partial charge in [0.15, 0.2) is 5.82 Å². The van der Waals surface area contributed by atoms with Gasteiger partial charge in [0.25, 0.3) is 0 Å². The maximum Gasteiger partial charge on any atom is 0.169 e. The fraction of sp³-hybridized carbons (Fsp3) is 0.429. The number of rotatable bonds is 7. The fourth-order valence-electron chi connectivity index (χ4n) is 5.95. The number of fused-ring (bicyclic) bond motifs is 2. The summed E-state index contributed by atoms with van der Waals surface area (Å²) in [4.78, 5) is 7.35. The molecule has 3 aliphatic heterocycles. The van der Waals surface area contributed by atoms with E-state index in [0.29, 0.717) is 35.8 Å². The first-order valence-electron chi connectivity index (χ1n) is 13.3. The molecule has 0 saturated carbocycles. The molecule has 2 bridgehead atoms. The molecule has 0 spiro atoms. The van der Waals surface area contributed by atoms with Gasteiger partial charge in [0.2, 0.25) is 0 Å². The molecule has 3 fully saturated rings. The van der Waals surface area contributed by atoms with Crippen LogP contribution in [0.25, 0.3) is 11.3 Å². The lowest BCUT2D eigenvalue weighted by Crippen LogP contribution is -2.54. The SMILES string of the molecule is Nc1nnc(-c2ccccc2O)cc1N1C[C@H]2CC[C@@H](C1)N2c1cccc(OCCN2CCNCC2)c1. The van der Waals surface area contributed by atoms with E-state index in [1.165, 1.54) is 5.69 Å². The lowest BCUT2D eigenvalue weighted by atomic mass is 10.1. The molecule has 2 atom stereocenters. The summed E-state index contributed by atoms with van der Waals surface area (Å²) in [6.07, 6.45) is 2.28. The summed E-state index contributed by atoms with van der Waals surface area (Å²) in [5, 5.41) is 22.2. The van der Waals surface area contributed by atoms with E-state index in [2.05, 4.69) is 54.5 Å². The summed E-state index contributed by atoms with van der Waals surface area (Å²) in [5.41, 5.74) is 9.69. The number of phenols is 1. The van der Waals surface area contributed by atoms with Gasteiger partial charge in [0.1, 0.15) is 18.1 Å². The average molecular weight is 502 g/mol. The van der Waals surface area contributed by atoms with Gasteiger partial charge in [-0.05, 0) is 43.2 Å². The number of hydrogen-bond acceptors (Lipinski definition) is 9. The van der Waals surface area contributed by atoms with Gasteiger partial charge in [-0.3, -0.25) is 4.90 Å². The molecule has 0 radical (unpaired) electrons. The van der Waals surface area contributed by atoms with Gasteiger partial charge >= 0.3 is 0 Å². The number of nitrogens with one attached hydrogen (secondary N) is 1. The number of anilines is 3. The highest BCUT2D eigenvalue weighted by atomic mass is 16.5. The van der Waals surface area contributed by atoms with Crippen molar-refractivity contribution in [2.75, 3.05) is 68.0 Å². The van der Waals surface area contributed by atoms with Crippen LogP contribution in [0, 0.1) is 0 Å². The van der Waals surface area contributed by atoms with Crippen molar-refractivity contribution in [1.29, 1.82) is 0 Å². The van der Waals surface area contributed by atoms with Crippen molar-refractivity contribution in [1.82, 2.24) is 20.4 Å². The van der Waals surface area contributed by atoms with Crippen LogP contribution in [0.4, 0.5) is 17.2 Å². The Kier molecular flexibility index (Phi) is 6.72. The number of aromatic nitrogens is 2. The quantitative estimate of drug-likeness (QED) is 0.451. The number of piperazine rings is 2. The zero-order valence-corrected chi connectivity index (χ0v) is 21.1. The Bertz CT molecular complexity index is 1220. The summed E-state index contributed by atoms with van der Waals surface area (Å²) in [7, 11) is 0. The molecule has 0 unspecified atom stereocenters. The monoisotopic (exact) mass is 501 g/mol. The van der Waals surface area contributed by atoms with E-state index in [0.717, 1.165) is 70.1 Å². The third-order valence-electron chi connectivity index (χ3n) is 7.81. The Balaban J connectivity index is 1.15. The van der Waals surface area contributed by atoms with Crippen LogP contribution in [0.3, 0.4) is 0 Å². The molecular formula is C28H35N7O2. The zero-order chi connectivity index (χ0) is 25.2. The zero-order valence-electron chi connectivity index (χ0n) is 21.1. The molecule has 9 nitrogen and oxygen atoms in total. The molecule has 2 aromatic carbocycles. The third-order valence-corrected chi connectivity index (χ3v) is 7.81. The number of phenolic OH excluding ortho intramolecular Hbond substituents is 1. The van der Waals surface area contributed by atoms with Gasteiger partial charge in [-0.1, -0.05) is 18.2 Å². The third kappa shape index (κ3) is 5.01. The number of para-hydroxylation sites is 1. The number of nitrogens with zero attached hydrogens (tertiary/aromatic N) is 5. The summed E-state index contributed by atoms with van der Waals surface area (Å²) in [5.74, 6) is 1.55. The van der Waals surface area contributed by atoms with E-state index in [4.69, 9.17) is 10.5 Å². The standard InChI is InChI=1S/C28H35N7O2/c29-28-26(17-25(31-32-28)24-6-1-2-7-27(24)36)34-18-21-8-9-22(19-34)35(21)20-4-3-5-23(16-20)37-15-14-33-12-10-30-11-13-33/h1-7,16-17,21-22,30,36H,8-15,18-19H2,(H2,29,32)/t21-,22+. The Morgan fingerprint density at radius 1 is 0.973 bits per heavy atom. The van der Waals surface area contributed by atoms with E-state index in [-0.39, 0.29) is 5.75 Å². The first-order valence-corrected chi connectivity index (χ1v) is 13.3. The number of aromatic hydroxyl groups is 1. The Morgan fingerprint density at radius 3 is 2.54 bits per heavy atom. The predicted molar refractivity (Wildman–Crippen MR) is 146 cm³/mol. The van der Waals surface area contributed by atoms with Crippen LogP contribution in [0.1, 0.15) is 12.8 Å². The van der Waals surface area contributed by atoms with Crippen molar-refractivity contribution in [3.8, 4) is 22.8 Å². The predicted octanol–water partition coefficient (Wildman–Crippen LogP) is 2.57. The highest BCUT2D eigenvalue weighted by molar-refractivity contribution is 5.74. The van der Waals surface area contributed by atoms with Crippen LogP contribution in [-0.2, 0) is 0 Å². The first-order chi connectivity index (χ1) is 18.2. The van der Waals surface area contributed by atoms with E-state index in [9.17, 15) is 5.11 Å². The number of nitrogens with two attached hydrogens (primary N) is 1. The van der Waals surface area contributed by atoms with E-state index in [1.54, 1.807) is 12.1 Å². The van der Waals surface area contributed by atoms with Crippen molar-refractivity contribution < 1.29 is 9.84 Å². The summed E-state index contributed by atoms with van der Waals surface area (Å²) in [6.45, 7) is 7.67. The largest absolute Gasteiger partial charge is 0.507 e. The van der Waals surface area contributed by atoms with E-state index >= 15 is 0 Å². The number of ether oxygens (including phenoxy) is 1. The molecule has 194 valence electrons. The van der Waals surface area contributed by atoms with Gasteiger partial charge in [-0.15, -0.1) is 10.2 Å². The maximum atomic E-state index is 10.3. The van der Waals surface area contributed by atoms with Crippen molar-refractivity contribution in [3.63, 3.8) is 0 Å². The second kappa shape index (κ2) is 10.4. The normalized spacial score (nSPS) is 21.8. The Morgan fingerprint density at radius 2 is 1.76 bits per heavy atom. The van der Waals surface area contributed by atoms with E-state index < -0.39 is 0 Å². The molecule has 0 aliphatic carbocycles. The molecule has 3 saturated heterocycles.